The fourth-order valence-electron chi connectivity index (χ4n) is 2.48. The molecular formula is C17H18N2O3S2. The van der Waals surface area contributed by atoms with Crippen molar-refractivity contribution in [2.75, 3.05) is 0 Å². The van der Waals surface area contributed by atoms with E-state index in [9.17, 15) is 14.9 Å². The van der Waals surface area contributed by atoms with Crippen LogP contribution in [0.25, 0.3) is 0 Å². The first-order chi connectivity index (χ1) is 11.5. The Morgan fingerprint density at radius 2 is 2.08 bits per heavy atom. The Morgan fingerprint density at radius 3 is 2.62 bits per heavy atom. The maximum absolute atomic E-state index is 12.8. The number of carbonyl (C=O) groups excluding carboxylic acids is 1. The SMILES string of the molecule is CC(Sc1ccc([N+](=O)[O-])cc1)C(=O)N(Cc1cccs1)C1CC1. The zero-order valence-electron chi connectivity index (χ0n) is 13.3. The van der Waals surface area contributed by atoms with Gasteiger partial charge < -0.3 is 4.90 Å². The van der Waals surface area contributed by atoms with Gasteiger partial charge in [-0.1, -0.05) is 6.07 Å². The van der Waals surface area contributed by atoms with Gasteiger partial charge >= 0.3 is 0 Å². The summed E-state index contributed by atoms with van der Waals surface area (Å²) in [4.78, 5) is 27.2. The average Bonchev–Trinajstić information content (AvgIpc) is 3.28. The number of hydrogen-bond donors (Lipinski definition) is 0. The highest BCUT2D eigenvalue weighted by molar-refractivity contribution is 8.00. The lowest BCUT2D eigenvalue weighted by Gasteiger charge is -2.25. The highest BCUT2D eigenvalue weighted by atomic mass is 32.2. The molecule has 5 nitrogen and oxygen atoms in total. The lowest BCUT2D eigenvalue weighted by Crippen LogP contribution is -2.37. The van der Waals surface area contributed by atoms with Gasteiger partial charge in [-0.25, -0.2) is 0 Å². The molecule has 1 atom stereocenters. The van der Waals surface area contributed by atoms with Gasteiger partial charge in [0.15, 0.2) is 0 Å². The van der Waals surface area contributed by atoms with Crippen molar-refractivity contribution in [2.45, 2.75) is 42.5 Å². The number of nitrogens with zero attached hydrogens (tertiary/aromatic N) is 2. The molecule has 24 heavy (non-hydrogen) atoms. The number of thiophene rings is 1. The Labute approximate surface area is 148 Å². The largest absolute Gasteiger partial charge is 0.334 e. The van der Waals surface area contributed by atoms with E-state index in [0.29, 0.717) is 12.6 Å². The molecule has 1 unspecified atom stereocenters. The predicted octanol–water partition coefficient (Wildman–Crippen LogP) is 4.33. The van der Waals surface area contributed by atoms with Crippen LogP contribution in [0.2, 0.25) is 0 Å². The molecular weight excluding hydrogens is 344 g/mol. The molecule has 1 aliphatic carbocycles. The van der Waals surface area contributed by atoms with E-state index in [4.69, 9.17) is 0 Å². The first-order valence-electron chi connectivity index (χ1n) is 7.78. The topological polar surface area (TPSA) is 63.5 Å². The number of hydrogen-bond acceptors (Lipinski definition) is 5. The molecule has 3 rings (SSSR count). The van der Waals surface area contributed by atoms with Crippen LogP contribution in [-0.4, -0.2) is 27.0 Å². The number of nitro groups is 1. The molecule has 1 aromatic heterocycles. The van der Waals surface area contributed by atoms with Crippen LogP contribution in [0.1, 0.15) is 24.6 Å². The number of carbonyl (C=O) groups is 1. The molecule has 1 saturated carbocycles. The van der Waals surface area contributed by atoms with Crippen LogP contribution < -0.4 is 0 Å². The van der Waals surface area contributed by atoms with Crippen LogP contribution in [0.4, 0.5) is 5.69 Å². The van der Waals surface area contributed by atoms with Crippen molar-refractivity contribution >= 4 is 34.7 Å². The smallest absolute Gasteiger partial charge is 0.269 e. The summed E-state index contributed by atoms with van der Waals surface area (Å²) in [7, 11) is 0. The summed E-state index contributed by atoms with van der Waals surface area (Å²) in [5, 5.41) is 12.5. The summed E-state index contributed by atoms with van der Waals surface area (Å²) in [6.07, 6.45) is 2.15. The molecule has 2 aromatic rings. The van der Waals surface area contributed by atoms with Crippen LogP contribution in [0, 0.1) is 10.1 Å². The first-order valence-corrected chi connectivity index (χ1v) is 9.54. The quantitative estimate of drug-likeness (QED) is 0.418. The van der Waals surface area contributed by atoms with Gasteiger partial charge in [-0.05, 0) is 43.3 Å². The fraction of sp³-hybridized carbons (Fsp3) is 0.353. The van der Waals surface area contributed by atoms with Crippen LogP contribution in [0.5, 0.6) is 0 Å². The molecule has 0 spiro atoms. The van der Waals surface area contributed by atoms with Crippen LogP contribution >= 0.6 is 23.1 Å². The minimum absolute atomic E-state index is 0.0654. The minimum atomic E-state index is -0.418. The summed E-state index contributed by atoms with van der Waals surface area (Å²) in [6.45, 7) is 2.57. The number of non-ortho nitro benzene ring substituents is 1. The first kappa shape index (κ1) is 17.0. The third-order valence-electron chi connectivity index (χ3n) is 3.89. The Bertz CT molecular complexity index is 712. The van der Waals surface area contributed by atoms with E-state index in [1.165, 1.54) is 28.8 Å². The zero-order valence-corrected chi connectivity index (χ0v) is 14.9. The van der Waals surface area contributed by atoms with Gasteiger partial charge in [-0.3, -0.25) is 14.9 Å². The maximum atomic E-state index is 12.8. The second-order valence-electron chi connectivity index (χ2n) is 5.79. The van der Waals surface area contributed by atoms with Gasteiger partial charge in [0.2, 0.25) is 5.91 Å². The molecule has 1 aliphatic rings. The summed E-state index contributed by atoms with van der Waals surface area (Å²) < 4.78 is 0. The molecule has 1 heterocycles. The Morgan fingerprint density at radius 1 is 1.38 bits per heavy atom. The summed E-state index contributed by atoms with van der Waals surface area (Å²) in [5.41, 5.74) is 0.0654. The van der Waals surface area contributed by atoms with Crippen molar-refractivity contribution in [1.29, 1.82) is 0 Å². The normalized spacial score (nSPS) is 15.0. The highest BCUT2D eigenvalue weighted by Gasteiger charge is 2.35. The average molecular weight is 362 g/mol. The summed E-state index contributed by atoms with van der Waals surface area (Å²) in [5.74, 6) is 0.134. The van der Waals surface area contributed by atoms with E-state index < -0.39 is 4.92 Å². The number of benzene rings is 1. The summed E-state index contributed by atoms with van der Waals surface area (Å²) >= 11 is 3.12. The van der Waals surface area contributed by atoms with Crippen LogP contribution in [-0.2, 0) is 11.3 Å². The van der Waals surface area contributed by atoms with Gasteiger partial charge in [0, 0.05) is 27.9 Å². The molecule has 1 amide bonds. The van der Waals surface area contributed by atoms with E-state index in [-0.39, 0.29) is 16.8 Å². The molecule has 1 fully saturated rings. The van der Waals surface area contributed by atoms with Crippen LogP contribution in [0.3, 0.4) is 0 Å². The second-order valence-corrected chi connectivity index (χ2v) is 8.23. The minimum Gasteiger partial charge on any atom is -0.334 e. The lowest BCUT2D eigenvalue weighted by molar-refractivity contribution is -0.384. The molecule has 0 aliphatic heterocycles. The van der Waals surface area contributed by atoms with Crippen LogP contribution in [0.15, 0.2) is 46.7 Å². The number of amides is 1. The maximum Gasteiger partial charge on any atom is 0.269 e. The monoisotopic (exact) mass is 362 g/mol. The van der Waals surface area contributed by atoms with Crippen molar-refractivity contribution < 1.29 is 9.72 Å². The molecule has 0 bridgehead atoms. The summed E-state index contributed by atoms with van der Waals surface area (Å²) in [6, 6.07) is 10.8. The van der Waals surface area contributed by atoms with Gasteiger partial charge in [-0.15, -0.1) is 23.1 Å². The Hall–Kier alpha value is -1.86. The third kappa shape index (κ3) is 4.15. The van der Waals surface area contributed by atoms with Gasteiger partial charge in [0.25, 0.3) is 5.69 Å². The standard InChI is InChI=1S/C17H18N2O3S2/c1-12(24-15-8-6-14(7-9-15)19(21)22)17(20)18(13-4-5-13)11-16-3-2-10-23-16/h2-3,6-10,12-13H,4-5,11H2,1H3. The number of thioether (sulfide) groups is 1. The van der Waals surface area contributed by atoms with Crippen molar-refractivity contribution in [3.8, 4) is 0 Å². The van der Waals surface area contributed by atoms with E-state index >= 15 is 0 Å². The molecule has 7 heteroatoms. The van der Waals surface area contributed by atoms with E-state index in [2.05, 4.69) is 6.07 Å². The second kappa shape index (κ2) is 7.36. The van der Waals surface area contributed by atoms with E-state index in [1.807, 2.05) is 23.3 Å². The van der Waals surface area contributed by atoms with Gasteiger partial charge in [0.05, 0.1) is 16.7 Å². The van der Waals surface area contributed by atoms with Gasteiger partial charge in [0.1, 0.15) is 0 Å². The number of rotatable bonds is 7. The van der Waals surface area contributed by atoms with E-state index in [0.717, 1.165) is 17.7 Å². The highest BCUT2D eigenvalue weighted by Crippen LogP contribution is 2.33. The molecule has 0 saturated heterocycles. The van der Waals surface area contributed by atoms with Crippen molar-refractivity contribution in [2.24, 2.45) is 0 Å². The zero-order chi connectivity index (χ0) is 17.1. The van der Waals surface area contributed by atoms with E-state index in [1.54, 1.807) is 23.5 Å². The molecule has 0 radical (unpaired) electrons. The lowest BCUT2D eigenvalue weighted by atomic mass is 10.3. The van der Waals surface area contributed by atoms with Crippen molar-refractivity contribution in [3.63, 3.8) is 0 Å². The molecule has 1 aromatic carbocycles. The fourth-order valence-corrected chi connectivity index (χ4v) is 4.12. The van der Waals surface area contributed by atoms with Crippen molar-refractivity contribution in [3.05, 3.63) is 56.8 Å². The predicted molar refractivity (Wildman–Crippen MR) is 96.3 cm³/mol. The molecule has 0 N–H and O–H groups in total. The molecule has 126 valence electrons. The van der Waals surface area contributed by atoms with Gasteiger partial charge in [-0.2, -0.15) is 0 Å². The third-order valence-corrected chi connectivity index (χ3v) is 5.85. The Balaban J connectivity index is 1.64. The number of nitro benzene ring substituents is 1. The van der Waals surface area contributed by atoms with Crippen molar-refractivity contribution in [1.82, 2.24) is 4.90 Å². The Kier molecular flexibility index (Phi) is 5.20.